The van der Waals surface area contributed by atoms with Crippen molar-refractivity contribution in [3.8, 4) is 0 Å². The number of aryl methyl sites for hydroxylation is 1. The Balaban J connectivity index is 2.27. The van der Waals surface area contributed by atoms with Crippen molar-refractivity contribution in [1.29, 1.82) is 0 Å². The maximum atomic E-state index is 12.7. The number of rotatable bonds is 3. The molecule has 1 nitrogen and oxygen atoms in total. The summed E-state index contributed by atoms with van der Waals surface area (Å²) in [6.45, 7) is 2.74. The first-order chi connectivity index (χ1) is 9.43. The van der Waals surface area contributed by atoms with Crippen LogP contribution in [-0.4, -0.2) is 13.6 Å². The van der Waals surface area contributed by atoms with E-state index >= 15 is 0 Å². The molecule has 0 saturated heterocycles. The third-order valence-electron chi connectivity index (χ3n) is 4.37. The van der Waals surface area contributed by atoms with E-state index in [1.54, 1.807) is 13.0 Å². The molecular weight excluding hydrogens is 263 g/mol. The van der Waals surface area contributed by atoms with E-state index in [4.69, 9.17) is 0 Å². The van der Waals surface area contributed by atoms with Crippen molar-refractivity contribution in [2.75, 3.05) is 13.6 Å². The first-order valence-electron chi connectivity index (χ1n) is 7.26. The predicted octanol–water partition coefficient (Wildman–Crippen LogP) is 4.51. The first-order valence-corrected chi connectivity index (χ1v) is 7.26. The number of hydrogen-bond acceptors (Lipinski definition) is 1. The molecule has 0 radical (unpaired) electrons. The van der Waals surface area contributed by atoms with Crippen LogP contribution in [0.15, 0.2) is 18.2 Å². The van der Waals surface area contributed by atoms with Gasteiger partial charge in [0.15, 0.2) is 0 Å². The van der Waals surface area contributed by atoms with Crippen LogP contribution in [0.2, 0.25) is 0 Å². The second kappa shape index (κ2) is 6.17. The molecule has 0 bridgehead atoms. The molecule has 20 heavy (non-hydrogen) atoms. The van der Waals surface area contributed by atoms with Crippen LogP contribution in [0.3, 0.4) is 0 Å². The third-order valence-corrected chi connectivity index (χ3v) is 4.37. The first kappa shape index (κ1) is 15.4. The molecule has 2 atom stereocenters. The highest BCUT2D eigenvalue weighted by Gasteiger charge is 2.32. The topological polar surface area (TPSA) is 12.0 Å². The summed E-state index contributed by atoms with van der Waals surface area (Å²) in [5.74, 6) is 0.919. The van der Waals surface area contributed by atoms with Gasteiger partial charge in [-0.15, -0.1) is 0 Å². The summed E-state index contributed by atoms with van der Waals surface area (Å²) >= 11 is 0. The van der Waals surface area contributed by atoms with E-state index in [1.165, 1.54) is 25.0 Å². The van der Waals surface area contributed by atoms with E-state index in [-0.39, 0.29) is 0 Å². The zero-order valence-electron chi connectivity index (χ0n) is 12.1. The quantitative estimate of drug-likeness (QED) is 0.861. The Hall–Kier alpha value is -1.03. The molecule has 1 aromatic rings. The fraction of sp³-hybridized carbons (Fsp3) is 0.625. The summed E-state index contributed by atoms with van der Waals surface area (Å²) in [6.07, 6.45) is 0.388. The molecule has 1 N–H and O–H groups in total. The van der Waals surface area contributed by atoms with Gasteiger partial charge in [0.25, 0.3) is 0 Å². The molecule has 0 spiro atoms. The maximum absolute atomic E-state index is 12.7. The van der Waals surface area contributed by atoms with Crippen molar-refractivity contribution in [3.05, 3.63) is 34.9 Å². The molecule has 0 amide bonds. The van der Waals surface area contributed by atoms with E-state index in [1.807, 2.05) is 7.05 Å². The number of nitrogens with one attached hydrogen (secondary N) is 1. The lowest BCUT2D eigenvalue weighted by Crippen LogP contribution is -2.28. The summed E-state index contributed by atoms with van der Waals surface area (Å²) in [5.41, 5.74) is 1.32. The zero-order valence-corrected chi connectivity index (χ0v) is 12.1. The van der Waals surface area contributed by atoms with Crippen LogP contribution in [0.1, 0.15) is 48.3 Å². The maximum Gasteiger partial charge on any atom is 0.416 e. The molecular formula is C16H22F3N. The molecule has 0 aliphatic heterocycles. The van der Waals surface area contributed by atoms with Gasteiger partial charge in [-0.05, 0) is 68.5 Å². The van der Waals surface area contributed by atoms with Gasteiger partial charge in [0.2, 0.25) is 0 Å². The zero-order chi connectivity index (χ0) is 14.8. The summed E-state index contributed by atoms with van der Waals surface area (Å²) in [4.78, 5) is 0. The summed E-state index contributed by atoms with van der Waals surface area (Å²) in [5, 5.41) is 3.21. The predicted molar refractivity (Wildman–Crippen MR) is 74.8 cm³/mol. The Bertz CT molecular complexity index is 452. The molecule has 2 unspecified atom stereocenters. The molecule has 1 aliphatic carbocycles. The highest BCUT2D eigenvalue weighted by molar-refractivity contribution is 5.35. The summed E-state index contributed by atoms with van der Waals surface area (Å²) in [6, 6.07) is 4.21. The average Bonchev–Trinajstić information content (AvgIpc) is 2.39. The van der Waals surface area contributed by atoms with Crippen molar-refractivity contribution < 1.29 is 13.2 Å². The number of hydrogen-bond donors (Lipinski definition) is 1. The highest BCUT2D eigenvalue weighted by Crippen LogP contribution is 2.40. The van der Waals surface area contributed by atoms with Crippen LogP contribution >= 0.6 is 0 Å². The van der Waals surface area contributed by atoms with Gasteiger partial charge in [0.1, 0.15) is 0 Å². The average molecular weight is 285 g/mol. The van der Waals surface area contributed by atoms with Gasteiger partial charge in [-0.25, -0.2) is 0 Å². The molecule has 1 saturated carbocycles. The lowest BCUT2D eigenvalue weighted by atomic mass is 9.74. The minimum Gasteiger partial charge on any atom is -0.319 e. The van der Waals surface area contributed by atoms with Gasteiger partial charge in [-0.2, -0.15) is 13.2 Å². The van der Waals surface area contributed by atoms with Crippen LogP contribution in [0.4, 0.5) is 13.2 Å². The van der Waals surface area contributed by atoms with Gasteiger partial charge in [-0.3, -0.25) is 0 Å². The van der Waals surface area contributed by atoms with E-state index in [0.29, 0.717) is 11.8 Å². The van der Waals surface area contributed by atoms with Gasteiger partial charge in [0.05, 0.1) is 5.56 Å². The highest BCUT2D eigenvalue weighted by atomic mass is 19.4. The van der Waals surface area contributed by atoms with E-state index < -0.39 is 11.7 Å². The Kier molecular flexibility index (Phi) is 4.74. The molecule has 0 aromatic heterocycles. The standard InChI is InChI=1S/C16H22F3N/c1-11-9-13(16(17,18)19)7-8-14(11)15-6-4-3-5-12(15)10-20-2/h7-9,12,15,20H,3-6,10H2,1-2H3. The fourth-order valence-electron chi connectivity index (χ4n) is 3.39. The number of alkyl halides is 3. The lowest BCUT2D eigenvalue weighted by molar-refractivity contribution is -0.137. The largest absolute Gasteiger partial charge is 0.416 e. The molecule has 0 heterocycles. The van der Waals surface area contributed by atoms with Crippen LogP contribution in [0.25, 0.3) is 0 Å². The van der Waals surface area contributed by atoms with Gasteiger partial charge in [0, 0.05) is 0 Å². The Morgan fingerprint density at radius 2 is 1.90 bits per heavy atom. The van der Waals surface area contributed by atoms with Crippen LogP contribution in [0.5, 0.6) is 0 Å². The molecule has 4 heteroatoms. The minimum absolute atomic E-state index is 0.387. The van der Waals surface area contributed by atoms with Gasteiger partial charge < -0.3 is 5.32 Å². The van der Waals surface area contributed by atoms with Crippen LogP contribution in [0, 0.1) is 12.8 Å². The normalized spacial score (nSPS) is 23.9. The van der Waals surface area contributed by atoms with Crippen molar-refractivity contribution in [3.63, 3.8) is 0 Å². The SMILES string of the molecule is CNCC1CCCCC1c1ccc(C(F)(F)F)cc1C. The number of benzene rings is 1. The Morgan fingerprint density at radius 1 is 1.20 bits per heavy atom. The molecule has 1 fully saturated rings. The summed E-state index contributed by atoms with van der Waals surface area (Å²) < 4.78 is 38.2. The molecule has 112 valence electrons. The fourth-order valence-corrected chi connectivity index (χ4v) is 3.39. The van der Waals surface area contributed by atoms with Gasteiger partial charge in [-0.1, -0.05) is 18.9 Å². The number of halogens is 3. The van der Waals surface area contributed by atoms with Crippen molar-refractivity contribution in [2.24, 2.45) is 5.92 Å². The second-order valence-corrected chi connectivity index (χ2v) is 5.78. The van der Waals surface area contributed by atoms with Gasteiger partial charge >= 0.3 is 6.18 Å². The smallest absolute Gasteiger partial charge is 0.319 e. The molecule has 1 aromatic carbocycles. The minimum atomic E-state index is -4.25. The van der Waals surface area contributed by atoms with E-state index in [0.717, 1.165) is 30.5 Å². The van der Waals surface area contributed by atoms with E-state index in [2.05, 4.69) is 5.32 Å². The molecule has 1 aliphatic rings. The van der Waals surface area contributed by atoms with Crippen molar-refractivity contribution in [1.82, 2.24) is 5.32 Å². The van der Waals surface area contributed by atoms with E-state index in [9.17, 15) is 13.2 Å². The third kappa shape index (κ3) is 3.35. The lowest BCUT2D eigenvalue weighted by Gasteiger charge is -2.33. The van der Waals surface area contributed by atoms with Crippen LogP contribution < -0.4 is 5.32 Å². The Morgan fingerprint density at radius 3 is 2.50 bits per heavy atom. The van der Waals surface area contributed by atoms with Crippen LogP contribution in [-0.2, 0) is 6.18 Å². The van der Waals surface area contributed by atoms with Crippen molar-refractivity contribution in [2.45, 2.75) is 44.7 Å². The summed E-state index contributed by atoms with van der Waals surface area (Å²) in [7, 11) is 1.94. The second-order valence-electron chi connectivity index (χ2n) is 5.78. The van der Waals surface area contributed by atoms with Crippen molar-refractivity contribution >= 4 is 0 Å². The monoisotopic (exact) mass is 285 g/mol. The Labute approximate surface area is 118 Å². The molecule has 2 rings (SSSR count).